The van der Waals surface area contributed by atoms with Crippen molar-refractivity contribution in [3.8, 4) is 0 Å². The predicted octanol–water partition coefficient (Wildman–Crippen LogP) is 2.70. The molecule has 1 saturated heterocycles. The standard InChI is InChI=1S/C25H27N3O5S/c1-19-10-12-20(13-11-19)15-26-24(30)25(2)18-27(34(31,32)22-8-4-3-5-9-22)17-23(29)28(25)16-21-7-6-14-33-21/h3-14H,15-18H2,1-2H3,(H,26,30)/t25-/m1/s1. The van der Waals surface area contributed by atoms with Crippen molar-refractivity contribution in [2.24, 2.45) is 0 Å². The summed E-state index contributed by atoms with van der Waals surface area (Å²) in [6.45, 7) is 3.33. The summed E-state index contributed by atoms with van der Waals surface area (Å²) in [5.74, 6) is -0.415. The van der Waals surface area contributed by atoms with Crippen LogP contribution in [-0.4, -0.2) is 48.1 Å². The fourth-order valence-electron chi connectivity index (χ4n) is 4.00. The largest absolute Gasteiger partial charge is 0.467 e. The van der Waals surface area contributed by atoms with Crippen molar-refractivity contribution in [1.82, 2.24) is 14.5 Å². The summed E-state index contributed by atoms with van der Waals surface area (Å²) in [6.07, 6.45) is 1.49. The SMILES string of the molecule is Cc1ccc(CNC(=O)[C@@]2(C)CN(S(=O)(=O)c3ccccc3)CC(=O)N2Cc2ccco2)cc1. The molecule has 1 fully saturated rings. The van der Waals surface area contributed by atoms with Crippen LogP contribution in [0.15, 0.2) is 82.3 Å². The molecule has 1 atom stereocenters. The fourth-order valence-corrected chi connectivity index (χ4v) is 5.50. The first kappa shape index (κ1) is 23.7. The molecule has 2 heterocycles. The van der Waals surface area contributed by atoms with Crippen LogP contribution < -0.4 is 5.32 Å². The van der Waals surface area contributed by atoms with E-state index in [-0.39, 0.29) is 31.1 Å². The van der Waals surface area contributed by atoms with Gasteiger partial charge >= 0.3 is 0 Å². The van der Waals surface area contributed by atoms with E-state index in [9.17, 15) is 18.0 Å². The Morgan fingerprint density at radius 1 is 1.06 bits per heavy atom. The molecule has 0 unspecified atom stereocenters. The molecule has 4 rings (SSSR count). The predicted molar refractivity (Wildman–Crippen MR) is 126 cm³/mol. The van der Waals surface area contributed by atoms with Gasteiger partial charge in [0.2, 0.25) is 21.8 Å². The van der Waals surface area contributed by atoms with Gasteiger partial charge in [0.1, 0.15) is 11.3 Å². The van der Waals surface area contributed by atoms with Gasteiger partial charge in [0.15, 0.2) is 0 Å². The average molecular weight is 482 g/mol. The van der Waals surface area contributed by atoms with Crippen molar-refractivity contribution in [3.05, 3.63) is 89.9 Å². The van der Waals surface area contributed by atoms with E-state index in [1.165, 1.54) is 23.3 Å². The summed E-state index contributed by atoms with van der Waals surface area (Å²) in [7, 11) is -3.97. The minimum absolute atomic E-state index is 0.0551. The van der Waals surface area contributed by atoms with Crippen molar-refractivity contribution in [3.63, 3.8) is 0 Å². The monoisotopic (exact) mass is 481 g/mol. The lowest BCUT2D eigenvalue weighted by atomic mass is 9.95. The van der Waals surface area contributed by atoms with Gasteiger partial charge in [0.05, 0.1) is 24.2 Å². The van der Waals surface area contributed by atoms with Crippen LogP contribution in [0.25, 0.3) is 0 Å². The zero-order valence-corrected chi connectivity index (χ0v) is 19.9. The van der Waals surface area contributed by atoms with Crippen molar-refractivity contribution < 1.29 is 22.4 Å². The Bertz CT molecular complexity index is 1260. The van der Waals surface area contributed by atoms with E-state index in [2.05, 4.69) is 5.32 Å². The number of carbonyl (C=O) groups excluding carboxylic acids is 2. The zero-order chi connectivity index (χ0) is 24.3. The van der Waals surface area contributed by atoms with E-state index in [0.717, 1.165) is 15.4 Å². The third kappa shape index (κ3) is 4.76. The molecule has 1 aromatic heterocycles. The van der Waals surface area contributed by atoms with Crippen LogP contribution in [0.4, 0.5) is 0 Å². The van der Waals surface area contributed by atoms with E-state index in [1.807, 2.05) is 31.2 Å². The Morgan fingerprint density at radius 2 is 1.76 bits per heavy atom. The lowest BCUT2D eigenvalue weighted by Crippen LogP contribution is -2.69. The third-order valence-corrected chi connectivity index (χ3v) is 7.84. The molecule has 8 nitrogen and oxygen atoms in total. The molecule has 34 heavy (non-hydrogen) atoms. The van der Waals surface area contributed by atoms with Crippen LogP contribution in [0.2, 0.25) is 0 Å². The Morgan fingerprint density at radius 3 is 2.41 bits per heavy atom. The van der Waals surface area contributed by atoms with E-state index in [1.54, 1.807) is 37.3 Å². The second-order valence-electron chi connectivity index (χ2n) is 8.59. The first-order chi connectivity index (χ1) is 16.2. The number of nitrogens with zero attached hydrogens (tertiary/aromatic N) is 2. The van der Waals surface area contributed by atoms with E-state index in [0.29, 0.717) is 5.76 Å². The lowest BCUT2D eigenvalue weighted by Gasteiger charge is -2.46. The first-order valence-electron chi connectivity index (χ1n) is 10.9. The van der Waals surface area contributed by atoms with E-state index < -0.39 is 27.4 Å². The highest BCUT2D eigenvalue weighted by Gasteiger charge is 2.50. The first-order valence-corrected chi connectivity index (χ1v) is 12.4. The topological polar surface area (TPSA) is 99.9 Å². The van der Waals surface area contributed by atoms with Crippen molar-refractivity contribution >= 4 is 21.8 Å². The molecule has 1 aliphatic heterocycles. The van der Waals surface area contributed by atoms with Crippen LogP contribution in [0.5, 0.6) is 0 Å². The van der Waals surface area contributed by atoms with Gasteiger partial charge in [0.25, 0.3) is 0 Å². The summed E-state index contributed by atoms with van der Waals surface area (Å²) in [5.41, 5.74) is 0.552. The molecule has 2 amide bonds. The average Bonchev–Trinajstić information content (AvgIpc) is 3.34. The molecular weight excluding hydrogens is 454 g/mol. The van der Waals surface area contributed by atoms with Gasteiger partial charge in [-0.1, -0.05) is 48.0 Å². The summed E-state index contributed by atoms with van der Waals surface area (Å²) in [5, 5.41) is 2.89. The maximum atomic E-state index is 13.5. The minimum Gasteiger partial charge on any atom is -0.467 e. The summed E-state index contributed by atoms with van der Waals surface area (Å²) in [6, 6.07) is 19.0. The van der Waals surface area contributed by atoms with Gasteiger partial charge in [-0.15, -0.1) is 0 Å². The van der Waals surface area contributed by atoms with Crippen LogP contribution in [0.3, 0.4) is 0 Å². The number of furan rings is 1. The number of piperazine rings is 1. The van der Waals surface area contributed by atoms with Gasteiger partial charge in [-0.3, -0.25) is 9.59 Å². The van der Waals surface area contributed by atoms with Gasteiger partial charge in [-0.2, -0.15) is 4.31 Å². The molecule has 0 spiro atoms. The van der Waals surface area contributed by atoms with Gasteiger partial charge in [-0.25, -0.2) is 8.42 Å². The zero-order valence-electron chi connectivity index (χ0n) is 19.1. The number of amides is 2. The number of rotatable bonds is 7. The molecule has 178 valence electrons. The van der Waals surface area contributed by atoms with Crippen molar-refractivity contribution in [2.75, 3.05) is 13.1 Å². The Hall–Kier alpha value is -3.43. The maximum Gasteiger partial charge on any atom is 0.247 e. The van der Waals surface area contributed by atoms with E-state index >= 15 is 0 Å². The summed E-state index contributed by atoms with van der Waals surface area (Å²) < 4.78 is 33.0. The molecule has 0 aliphatic carbocycles. The summed E-state index contributed by atoms with van der Waals surface area (Å²) in [4.78, 5) is 28.2. The highest BCUT2D eigenvalue weighted by Crippen LogP contribution is 2.29. The normalized spacial score (nSPS) is 19.2. The number of benzene rings is 2. The Kier molecular flexibility index (Phi) is 6.58. The second kappa shape index (κ2) is 9.44. The molecule has 2 aromatic carbocycles. The molecule has 9 heteroatoms. The number of carbonyl (C=O) groups is 2. The number of sulfonamides is 1. The smallest absolute Gasteiger partial charge is 0.247 e. The molecule has 0 bridgehead atoms. The van der Waals surface area contributed by atoms with Crippen LogP contribution in [0, 0.1) is 6.92 Å². The van der Waals surface area contributed by atoms with Gasteiger partial charge < -0.3 is 14.6 Å². The maximum absolute atomic E-state index is 13.5. The highest BCUT2D eigenvalue weighted by molar-refractivity contribution is 7.89. The lowest BCUT2D eigenvalue weighted by molar-refractivity contribution is -0.154. The Balaban J connectivity index is 1.63. The van der Waals surface area contributed by atoms with Crippen LogP contribution >= 0.6 is 0 Å². The third-order valence-electron chi connectivity index (χ3n) is 6.03. The molecular formula is C25H27N3O5S. The van der Waals surface area contributed by atoms with Crippen molar-refractivity contribution in [1.29, 1.82) is 0 Å². The van der Waals surface area contributed by atoms with Crippen molar-refractivity contribution in [2.45, 2.75) is 37.4 Å². The minimum atomic E-state index is -3.97. The molecule has 0 saturated carbocycles. The number of aryl methyl sites for hydroxylation is 1. The highest BCUT2D eigenvalue weighted by atomic mass is 32.2. The fraction of sp³-hybridized carbons (Fsp3) is 0.280. The number of hydrogen-bond acceptors (Lipinski definition) is 5. The molecule has 1 N–H and O–H groups in total. The molecule has 1 aliphatic rings. The van der Waals surface area contributed by atoms with Gasteiger partial charge in [-0.05, 0) is 43.7 Å². The summed E-state index contributed by atoms with van der Waals surface area (Å²) >= 11 is 0. The second-order valence-corrected chi connectivity index (χ2v) is 10.5. The number of nitrogens with one attached hydrogen (secondary N) is 1. The van der Waals surface area contributed by atoms with Crippen LogP contribution in [-0.2, 0) is 32.7 Å². The molecule has 3 aromatic rings. The molecule has 0 radical (unpaired) electrons. The quantitative estimate of drug-likeness (QED) is 0.559. The number of hydrogen-bond donors (Lipinski definition) is 1. The van der Waals surface area contributed by atoms with Crippen LogP contribution in [0.1, 0.15) is 23.8 Å². The van der Waals surface area contributed by atoms with Gasteiger partial charge in [0, 0.05) is 13.1 Å². The Labute approximate surface area is 199 Å². The van der Waals surface area contributed by atoms with E-state index in [4.69, 9.17) is 4.42 Å².